The Morgan fingerprint density at radius 1 is 1.00 bits per heavy atom. The molecule has 2 nitrogen and oxygen atoms in total. The van der Waals surface area contributed by atoms with Gasteiger partial charge in [-0.2, -0.15) is 0 Å². The SMILES string of the molecule is CC(C)=CCCC(C)=CCCC(=O)N(C)C. The van der Waals surface area contributed by atoms with E-state index in [0.29, 0.717) is 6.42 Å². The average Bonchev–Trinajstić information content (AvgIpc) is 2.16. The number of hydrogen-bond donors (Lipinski definition) is 0. The third kappa shape index (κ3) is 8.27. The lowest BCUT2D eigenvalue weighted by molar-refractivity contribution is -0.128. The highest BCUT2D eigenvalue weighted by Gasteiger charge is 2.01. The summed E-state index contributed by atoms with van der Waals surface area (Å²) in [7, 11) is 3.60. The van der Waals surface area contributed by atoms with Gasteiger partial charge in [-0.15, -0.1) is 0 Å². The number of allylic oxidation sites excluding steroid dienone is 4. The van der Waals surface area contributed by atoms with E-state index in [9.17, 15) is 4.79 Å². The molecule has 0 saturated carbocycles. The second-order valence-corrected chi connectivity index (χ2v) is 4.70. The molecule has 2 heteroatoms. The van der Waals surface area contributed by atoms with Crippen molar-refractivity contribution in [2.45, 2.75) is 46.5 Å². The van der Waals surface area contributed by atoms with E-state index in [1.165, 1.54) is 11.1 Å². The van der Waals surface area contributed by atoms with Gasteiger partial charge in [-0.3, -0.25) is 4.79 Å². The van der Waals surface area contributed by atoms with Gasteiger partial charge in [0.15, 0.2) is 0 Å². The molecule has 0 fully saturated rings. The molecule has 0 N–H and O–H groups in total. The van der Waals surface area contributed by atoms with Crippen molar-refractivity contribution >= 4 is 5.91 Å². The van der Waals surface area contributed by atoms with Crippen LogP contribution >= 0.6 is 0 Å². The molecule has 0 radical (unpaired) electrons. The van der Waals surface area contributed by atoms with Crippen LogP contribution in [0.3, 0.4) is 0 Å². The second kappa shape index (κ2) is 8.14. The first-order valence-corrected chi connectivity index (χ1v) is 5.92. The Labute approximate surface area is 100 Å². The van der Waals surface area contributed by atoms with Crippen LogP contribution < -0.4 is 0 Å². The van der Waals surface area contributed by atoms with Crippen molar-refractivity contribution in [3.63, 3.8) is 0 Å². The van der Waals surface area contributed by atoms with E-state index < -0.39 is 0 Å². The normalized spacial score (nSPS) is 11.2. The lowest BCUT2D eigenvalue weighted by atomic mass is 10.1. The van der Waals surface area contributed by atoms with Crippen molar-refractivity contribution in [3.05, 3.63) is 23.3 Å². The Balaban J connectivity index is 3.79. The molecular weight excluding hydrogens is 198 g/mol. The lowest BCUT2D eigenvalue weighted by Gasteiger charge is -2.08. The van der Waals surface area contributed by atoms with Gasteiger partial charge in [0, 0.05) is 20.5 Å². The molecule has 1 amide bonds. The fraction of sp³-hybridized carbons (Fsp3) is 0.643. The fourth-order valence-corrected chi connectivity index (χ4v) is 1.36. The molecule has 0 atom stereocenters. The van der Waals surface area contributed by atoms with Gasteiger partial charge in [0.2, 0.25) is 5.91 Å². The number of carbonyl (C=O) groups is 1. The Bertz CT molecular complexity index is 270. The summed E-state index contributed by atoms with van der Waals surface area (Å²) < 4.78 is 0. The van der Waals surface area contributed by atoms with Crippen LogP contribution in [0.4, 0.5) is 0 Å². The lowest BCUT2D eigenvalue weighted by Crippen LogP contribution is -2.20. The monoisotopic (exact) mass is 223 g/mol. The van der Waals surface area contributed by atoms with E-state index in [0.717, 1.165) is 19.3 Å². The number of amides is 1. The van der Waals surface area contributed by atoms with Crippen LogP contribution in [0, 0.1) is 0 Å². The first kappa shape index (κ1) is 14.9. The summed E-state index contributed by atoms with van der Waals surface area (Å²) in [6, 6.07) is 0. The van der Waals surface area contributed by atoms with Crippen LogP contribution in [0.1, 0.15) is 46.5 Å². The number of nitrogens with zero attached hydrogens (tertiary/aromatic N) is 1. The van der Waals surface area contributed by atoms with Gasteiger partial charge in [0.25, 0.3) is 0 Å². The molecule has 0 aromatic heterocycles. The summed E-state index contributed by atoms with van der Waals surface area (Å²) in [4.78, 5) is 13.0. The fourth-order valence-electron chi connectivity index (χ4n) is 1.36. The number of carbonyl (C=O) groups excluding carboxylic acids is 1. The Hall–Kier alpha value is -1.05. The van der Waals surface area contributed by atoms with E-state index in [-0.39, 0.29) is 5.91 Å². The van der Waals surface area contributed by atoms with Crippen molar-refractivity contribution in [2.75, 3.05) is 14.1 Å². The van der Waals surface area contributed by atoms with E-state index in [1.807, 2.05) is 0 Å². The zero-order valence-electron chi connectivity index (χ0n) is 11.3. The average molecular weight is 223 g/mol. The molecule has 0 unspecified atom stereocenters. The van der Waals surface area contributed by atoms with Crippen molar-refractivity contribution in [1.29, 1.82) is 0 Å². The quantitative estimate of drug-likeness (QED) is 0.631. The van der Waals surface area contributed by atoms with Gasteiger partial charge < -0.3 is 4.90 Å². The molecule has 0 aromatic carbocycles. The van der Waals surface area contributed by atoms with Crippen molar-refractivity contribution in [3.8, 4) is 0 Å². The minimum absolute atomic E-state index is 0.202. The van der Waals surface area contributed by atoms with Gasteiger partial charge in [-0.25, -0.2) is 0 Å². The molecule has 92 valence electrons. The number of rotatable bonds is 6. The highest BCUT2D eigenvalue weighted by Crippen LogP contribution is 2.08. The van der Waals surface area contributed by atoms with Crippen LogP contribution in [0.2, 0.25) is 0 Å². The highest BCUT2D eigenvalue weighted by molar-refractivity contribution is 5.75. The molecule has 0 bridgehead atoms. The molecule has 0 aromatic rings. The topological polar surface area (TPSA) is 20.3 Å². The van der Waals surface area contributed by atoms with Gasteiger partial charge in [0.1, 0.15) is 0 Å². The summed E-state index contributed by atoms with van der Waals surface area (Å²) in [5.41, 5.74) is 2.75. The smallest absolute Gasteiger partial charge is 0.222 e. The minimum Gasteiger partial charge on any atom is -0.349 e. The summed E-state index contributed by atoms with van der Waals surface area (Å²) in [6.45, 7) is 6.38. The zero-order valence-corrected chi connectivity index (χ0v) is 11.3. The van der Waals surface area contributed by atoms with Crippen molar-refractivity contribution in [2.24, 2.45) is 0 Å². The summed E-state index contributed by atoms with van der Waals surface area (Å²) in [5.74, 6) is 0.202. The van der Waals surface area contributed by atoms with Gasteiger partial charge >= 0.3 is 0 Å². The maximum atomic E-state index is 11.3. The maximum absolute atomic E-state index is 11.3. The first-order valence-electron chi connectivity index (χ1n) is 5.92. The van der Waals surface area contributed by atoms with Crippen LogP contribution in [-0.2, 0) is 4.79 Å². The molecule has 0 saturated heterocycles. The maximum Gasteiger partial charge on any atom is 0.222 e. The third-order valence-electron chi connectivity index (χ3n) is 2.44. The van der Waals surface area contributed by atoms with Crippen molar-refractivity contribution in [1.82, 2.24) is 4.90 Å². The third-order valence-corrected chi connectivity index (χ3v) is 2.44. The Morgan fingerprint density at radius 2 is 1.56 bits per heavy atom. The summed E-state index contributed by atoms with van der Waals surface area (Å²) in [6.07, 6.45) is 8.11. The van der Waals surface area contributed by atoms with E-state index >= 15 is 0 Å². The first-order chi connectivity index (χ1) is 7.43. The van der Waals surface area contributed by atoms with Crippen LogP contribution in [0.15, 0.2) is 23.3 Å². The second-order valence-electron chi connectivity index (χ2n) is 4.70. The molecule has 16 heavy (non-hydrogen) atoms. The highest BCUT2D eigenvalue weighted by atomic mass is 16.2. The predicted molar refractivity (Wildman–Crippen MR) is 70.4 cm³/mol. The molecule has 0 aliphatic heterocycles. The van der Waals surface area contributed by atoms with E-state index in [1.54, 1.807) is 19.0 Å². The Kier molecular flexibility index (Phi) is 7.61. The molecule has 0 heterocycles. The molecule has 0 rings (SSSR count). The van der Waals surface area contributed by atoms with Gasteiger partial charge in [-0.1, -0.05) is 23.3 Å². The largest absolute Gasteiger partial charge is 0.349 e. The number of hydrogen-bond acceptors (Lipinski definition) is 1. The molecule has 0 spiro atoms. The van der Waals surface area contributed by atoms with Crippen LogP contribution in [0.25, 0.3) is 0 Å². The van der Waals surface area contributed by atoms with Gasteiger partial charge in [0.05, 0.1) is 0 Å². The predicted octanol–water partition coefficient (Wildman–Crippen LogP) is 3.55. The van der Waals surface area contributed by atoms with Crippen LogP contribution in [-0.4, -0.2) is 24.9 Å². The standard InChI is InChI=1S/C14H25NO/c1-12(2)8-6-9-13(3)10-7-11-14(16)15(4)5/h8,10H,6-7,9,11H2,1-5H3. The Morgan fingerprint density at radius 3 is 2.06 bits per heavy atom. The van der Waals surface area contributed by atoms with Crippen LogP contribution in [0.5, 0.6) is 0 Å². The molecular formula is C14H25NO. The van der Waals surface area contributed by atoms with E-state index in [2.05, 4.69) is 32.9 Å². The minimum atomic E-state index is 0.202. The molecule has 0 aliphatic rings. The summed E-state index contributed by atoms with van der Waals surface area (Å²) >= 11 is 0. The van der Waals surface area contributed by atoms with Crippen molar-refractivity contribution < 1.29 is 4.79 Å². The summed E-state index contributed by atoms with van der Waals surface area (Å²) in [5, 5.41) is 0. The van der Waals surface area contributed by atoms with E-state index in [4.69, 9.17) is 0 Å². The van der Waals surface area contributed by atoms with Gasteiger partial charge in [-0.05, 0) is 40.0 Å². The molecule has 0 aliphatic carbocycles. The zero-order chi connectivity index (χ0) is 12.6.